The quantitative estimate of drug-likeness (QED) is 0.537. The summed E-state index contributed by atoms with van der Waals surface area (Å²) < 4.78 is 15.6. The highest BCUT2D eigenvalue weighted by atomic mass is 32.1. The summed E-state index contributed by atoms with van der Waals surface area (Å²) in [5.41, 5.74) is 1.50. The summed E-state index contributed by atoms with van der Waals surface area (Å²) in [4.78, 5) is 13.2. The van der Waals surface area contributed by atoms with E-state index < -0.39 is 5.97 Å². The molecule has 1 aromatic carbocycles. The van der Waals surface area contributed by atoms with Crippen LogP contribution in [0.1, 0.15) is 28.1 Å². The van der Waals surface area contributed by atoms with Gasteiger partial charge in [-0.05, 0) is 30.5 Å². The van der Waals surface area contributed by atoms with Gasteiger partial charge in [0.15, 0.2) is 6.79 Å². The smallest absolute Gasteiger partial charge is 0.341 e. The lowest BCUT2D eigenvalue weighted by Crippen LogP contribution is -2.17. The topological polar surface area (TPSA) is 84.2 Å². The number of benzene rings is 1. The Hall–Kier alpha value is -2.89. The zero-order chi connectivity index (χ0) is 19.2. The van der Waals surface area contributed by atoms with Crippen LogP contribution in [0.4, 0.5) is 5.69 Å². The average Bonchev–Trinajstić information content (AvgIpc) is 3.35. The Bertz CT molecular complexity index is 874. The number of carbonyl (C=O) groups is 1. The summed E-state index contributed by atoms with van der Waals surface area (Å²) in [6, 6.07) is 11.3. The highest BCUT2D eigenvalue weighted by Gasteiger charge is 2.30. The van der Waals surface area contributed by atoms with E-state index in [4.69, 9.17) is 14.2 Å². The van der Waals surface area contributed by atoms with Gasteiger partial charge < -0.3 is 14.2 Å². The molecule has 8 heteroatoms. The van der Waals surface area contributed by atoms with E-state index in [1.807, 2.05) is 17.5 Å². The van der Waals surface area contributed by atoms with Crippen LogP contribution >= 0.6 is 11.3 Å². The molecule has 0 fully saturated rings. The molecule has 1 aromatic heterocycles. The van der Waals surface area contributed by atoms with Crippen LogP contribution in [0, 0.1) is 11.3 Å². The molecule has 7 nitrogen and oxygen atoms in total. The number of ether oxygens (including phenoxy) is 3. The highest BCUT2D eigenvalue weighted by molar-refractivity contribution is 7.10. The number of methoxy groups -OCH3 is 1. The fourth-order valence-corrected chi connectivity index (χ4v) is 3.59. The summed E-state index contributed by atoms with van der Waals surface area (Å²) in [5.74, 6) is -0.182. The van der Waals surface area contributed by atoms with Crippen LogP contribution in [0.25, 0.3) is 0 Å². The summed E-state index contributed by atoms with van der Waals surface area (Å²) >= 11 is 1.60. The fraction of sp³-hybridized carbons (Fsp3) is 0.316. The van der Waals surface area contributed by atoms with E-state index in [-0.39, 0.29) is 19.3 Å². The number of esters is 1. The molecule has 1 atom stereocenters. The average molecular weight is 385 g/mol. The van der Waals surface area contributed by atoms with Crippen molar-refractivity contribution in [2.75, 3.05) is 32.1 Å². The molecular formula is C19H19N3O4S. The predicted octanol–water partition coefficient (Wildman–Crippen LogP) is 3.39. The number of carbonyl (C=O) groups excluding carboxylic acids is 1. The third kappa shape index (κ3) is 4.10. The molecular weight excluding hydrogens is 366 g/mol. The van der Waals surface area contributed by atoms with Gasteiger partial charge in [0.1, 0.15) is 23.1 Å². The Kier molecular flexibility index (Phi) is 6.06. The highest BCUT2D eigenvalue weighted by Crippen LogP contribution is 2.34. The van der Waals surface area contributed by atoms with Crippen molar-refractivity contribution in [3.8, 4) is 11.8 Å². The van der Waals surface area contributed by atoms with E-state index in [2.05, 4.69) is 11.2 Å². The van der Waals surface area contributed by atoms with Crippen LogP contribution in [-0.4, -0.2) is 38.7 Å². The third-order valence-electron chi connectivity index (χ3n) is 4.01. The van der Waals surface area contributed by atoms with Crippen molar-refractivity contribution >= 4 is 28.7 Å². The zero-order valence-corrected chi connectivity index (χ0v) is 15.9. The van der Waals surface area contributed by atoms with Gasteiger partial charge >= 0.3 is 5.97 Å². The molecule has 2 aromatic rings. The second-order valence-corrected chi connectivity index (χ2v) is 6.68. The van der Waals surface area contributed by atoms with Gasteiger partial charge in [0.25, 0.3) is 0 Å². The first-order chi connectivity index (χ1) is 13.2. The second-order valence-electron chi connectivity index (χ2n) is 5.70. The van der Waals surface area contributed by atoms with Crippen LogP contribution in [0.15, 0.2) is 40.8 Å². The summed E-state index contributed by atoms with van der Waals surface area (Å²) in [7, 11) is 1.50. The molecule has 1 aliphatic heterocycles. The molecule has 0 bridgehead atoms. The van der Waals surface area contributed by atoms with Gasteiger partial charge in [0, 0.05) is 18.1 Å². The maximum absolute atomic E-state index is 12.1. The molecule has 0 N–H and O–H groups in total. The minimum absolute atomic E-state index is 0.000389. The molecule has 0 spiro atoms. The Morgan fingerprint density at radius 1 is 1.44 bits per heavy atom. The van der Waals surface area contributed by atoms with Gasteiger partial charge in [-0.25, -0.2) is 4.79 Å². The van der Waals surface area contributed by atoms with Gasteiger partial charge in [0.05, 0.1) is 24.8 Å². The maximum Gasteiger partial charge on any atom is 0.341 e. The van der Waals surface area contributed by atoms with Gasteiger partial charge in [-0.3, -0.25) is 5.01 Å². The first-order valence-corrected chi connectivity index (χ1v) is 9.28. The molecule has 1 unspecified atom stereocenters. The largest absolute Gasteiger partial charge is 0.467 e. The SMILES string of the molecule is CCOC(=O)c1ccc(N2CC(c3cccs3)C(C#N)=N2)cc1OCOC. The number of hydrazone groups is 1. The van der Waals surface area contributed by atoms with Crippen molar-refractivity contribution in [1.82, 2.24) is 0 Å². The number of anilines is 1. The lowest BCUT2D eigenvalue weighted by atomic mass is 10.0. The monoisotopic (exact) mass is 385 g/mol. The molecule has 1 aliphatic rings. The van der Waals surface area contributed by atoms with Crippen LogP contribution in [0.2, 0.25) is 0 Å². The van der Waals surface area contributed by atoms with Crippen LogP contribution in [0.5, 0.6) is 5.75 Å². The first kappa shape index (κ1) is 18.9. The molecule has 140 valence electrons. The molecule has 27 heavy (non-hydrogen) atoms. The maximum atomic E-state index is 12.1. The second kappa shape index (κ2) is 8.66. The van der Waals surface area contributed by atoms with E-state index in [1.165, 1.54) is 7.11 Å². The molecule has 3 rings (SSSR count). The molecule has 0 radical (unpaired) electrons. The van der Waals surface area contributed by atoms with Crippen molar-refractivity contribution in [2.24, 2.45) is 5.10 Å². The minimum atomic E-state index is -0.464. The van der Waals surface area contributed by atoms with E-state index >= 15 is 0 Å². The first-order valence-electron chi connectivity index (χ1n) is 8.40. The number of hydrogen-bond acceptors (Lipinski definition) is 8. The lowest BCUT2D eigenvalue weighted by molar-refractivity contribution is 0.0438. The van der Waals surface area contributed by atoms with Gasteiger partial charge in [-0.2, -0.15) is 10.4 Å². The number of thiophene rings is 1. The van der Waals surface area contributed by atoms with Crippen LogP contribution < -0.4 is 9.75 Å². The van der Waals surface area contributed by atoms with Crippen LogP contribution in [-0.2, 0) is 9.47 Å². The van der Waals surface area contributed by atoms with E-state index in [0.29, 0.717) is 23.6 Å². The number of nitrogens with zero attached hydrogens (tertiary/aromatic N) is 3. The predicted molar refractivity (Wildman–Crippen MR) is 102 cm³/mol. The molecule has 0 amide bonds. The van der Waals surface area contributed by atoms with Gasteiger partial charge in [-0.15, -0.1) is 11.3 Å². The zero-order valence-electron chi connectivity index (χ0n) is 15.0. The van der Waals surface area contributed by atoms with Crippen molar-refractivity contribution < 1.29 is 19.0 Å². The Morgan fingerprint density at radius 2 is 2.30 bits per heavy atom. The summed E-state index contributed by atoms with van der Waals surface area (Å²) in [6.45, 7) is 2.57. The Morgan fingerprint density at radius 3 is 2.96 bits per heavy atom. The van der Waals surface area contributed by atoms with Crippen molar-refractivity contribution in [3.05, 3.63) is 46.2 Å². The number of hydrogen-bond donors (Lipinski definition) is 0. The minimum Gasteiger partial charge on any atom is -0.467 e. The fourth-order valence-electron chi connectivity index (χ4n) is 2.77. The lowest BCUT2D eigenvalue weighted by Gasteiger charge is -2.18. The molecule has 0 aliphatic carbocycles. The van der Waals surface area contributed by atoms with Crippen molar-refractivity contribution in [3.63, 3.8) is 0 Å². The Labute approximate surface area is 161 Å². The summed E-state index contributed by atoms with van der Waals surface area (Å²) in [6.07, 6.45) is 0. The van der Waals surface area contributed by atoms with Crippen molar-refractivity contribution in [2.45, 2.75) is 12.8 Å². The van der Waals surface area contributed by atoms with E-state index in [0.717, 1.165) is 10.6 Å². The van der Waals surface area contributed by atoms with Crippen LogP contribution in [0.3, 0.4) is 0 Å². The molecule has 2 heterocycles. The molecule has 0 saturated carbocycles. The number of nitriles is 1. The normalized spacial score (nSPS) is 16.0. The van der Waals surface area contributed by atoms with E-state index in [9.17, 15) is 10.1 Å². The van der Waals surface area contributed by atoms with Crippen molar-refractivity contribution in [1.29, 1.82) is 5.26 Å². The van der Waals surface area contributed by atoms with Gasteiger partial charge in [0.2, 0.25) is 0 Å². The van der Waals surface area contributed by atoms with Gasteiger partial charge in [-0.1, -0.05) is 6.07 Å². The molecule has 0 saturated heterocycles. The standard InChI is InChI=1S/C19H19N3O4S/c1-3-25-19(23)14-7-6-13(9-17(14)26-12-24-2)22-11-15(16(10-20)21-22)18-5-4-8-27-18/h4-9,15H,3,11-12H2,1-2H3. The summed E-state index contributed by atoms with van der Waals surface area (Å²) in [5, 5.41) is 17.6. The third-order valence-corrected chi connectivity index (χ3v) is 4.99. The Balaban J connectivity index is 1.89. The number of rotatable bonds is 7. The van der Waals surface area contributed by atoms with E-state index in [1.54, 1.807) is 41.5 Å².